The molecule has 0 spiro atoms. The average Bonchev–Trinajstić information content (AvgIpc) is 3.06. The van der Waals surface area contributed by atoms with E-state index in [0.717, 1.165) is 40.7 Å². The molecule has 2 fully saturated rings. The molecule has 2 aliphatic rings. The highest BCUT2D eigenvalue weighted by molar-refractivity contribution is 8.26. The molecule has 4 rings (SSSR count). The van der Waals surface area contributed by atoms with E-state index in [4.69, 9.17) is 21.9 Å². The number of carbonyl (C=O) groups is 2. The second kappa shape index (κ2) is 10.4. The molecule has 3 heterocycles. The van der Waals surface area contributed by atoms with Gasteiger partial charge in [0.15, 0.2) is 0 Å². The molecule has 0 unspecified atom stereocenters. The van der Waals surface area contributed by atoms with E-state index in [1.807, 2.05) is 19.1 Å². The lowest BCUT2D eigenvalue weighted by Crippen LogP contribution is -2.37. The molecule has 0 saturated carbocycles. The minimum absolute atomic E-state index is 0.0417. The van der Waals surface area contributed by atoms with Crippen LogP contribution in [0.4, 0.5) is 5.82 Å². The van der Waals surface area contributed by atoms with Gasteiger partial charge in [-0.3, -0.25) is 14.5 Å². The van der Waals surface area contributed by atoms with Crippen LogP contribution in [-0.2, 0) is 14.3 Å². The number of piperidine rings is 1. The Morgan fingerprint density at radius 1 is 1.29 bits per heavy atom. The van der Waals surface area contributed by atoms with Crippen LogP contribution < -0.4 is 4.90 Å². The molecular weight excluding hydrogens is 466 g/mol. The van der Waals surface area contributed by atoms with Gasteiger partial charge in [-0.15, -0.1) is 0 Å². The van der Waals surface area contributed by atoms with E-state index in [1.165, 1.54) is 11.8 Å². The van der Waals surface area contributed by atoms with Gasteiger partial charge < -0.3 is 9.64 Å². The molecule has 0 N–H and O–H groups in total. The number of nitrogens with zero attached hydrogens (tertiary/aromatic N) is 3. The number of anilines is 1. The lowest BCUT2D eigenvalue weighted by Gasteiger charge is -2.32. The van der Waals surface area contributed by atoms with Gasteiger partial charge in [0, 0.05) is 30.6 Å². The fourth-order valence-electron chi connectivity index (χ4n) is 4.41. The van der Waals surface area contributed by atoms with Gasteiger partial charge in [0.2, 0.25) is 0 Å². The van der Waals surface area contributed by atoms with E-state index in [0.29, 0.717) is 41.4 Å². The molecule has 0 bridgehead atoms. The normalized spacial score (nSPS) is 18.6. The lowest BCUT2D eigenvalue weighted by atomic mass is 9.96. The van der Waals surface area contributed by atoms with Crippen molar-refractivity contribution in [2.45, 2.75) is 40.5 Å². The third kappa shape index (κ3) is 5.28. The van der Waals surface area contributed by atoms with Crippen LogP contribution in [0.5, 0.6) is 0 Å². The van der Waals surface area contributed by atoms with Crippen molar-refractivity contribution in [1.29, 1.82) is 0 Å². The number of aryl methyl sites for hydroxylation is 1. The first kappa shape index (κ1) is 24.7. The SMILES string of the molecule is CCOC(=O)C1CCN(c2nc3ccc(C)cc3cc2/C=C2\SC(=S)N(CC(C)C)C2=O)CC1. The van der Waals surface area contributed by atoms with Gasteiger partial charge in [-0.05, 0) is 56.9 Å². The molecule has 2 aromatic rings. The van der Waals surface area contributed by atoms with Crippen LogP contribution in [0.1, 0.15) is 44.7 Å². The Kier molecular flexibility index (Phi) is 7.57. The molecular formula is C26H31N3O3S2. The van der Waals surface area contributed by atoms with Gasteiger partial charge in [-0.2, -0.15) is 0 Å². The van der Waals surface area contributed by atoms with Crippen molar-refractivity contribution < 1.29 is 14.3 Å². The van der Waals surface area contributed by atoms with Crippen LogP contribution in [0.3, 0.4) is 0 Å². The Labute approximate surface area is 210 Å². The van der Waals surface area contributed by atoms with Crippen molar-refractivity contribution in [3.8, 4) is 0 Å². The highest BCUT2D eigenvalue weighted by Gasteiger charge is 2.33. The minimum Gasteiger partial charge on any atom is -0.466 e. The number of ether oxygens (including phenoxy) is 1. The summed E-state index contributed by atoms with van der Waals surface area (Å²) in [5.41, 5.74) is 2.97. The largest absolute Gasteiger partial charge is 0.466 e. The molecule has 8 heteroatoms. The fourth-order valence-corrected chi connectivity index (χ4v) is 5.68. The molecule has 6 nitrogen and oxygen atoms in total. The second-order valence-electron chi connectivity index (χ2n) is 9.30. The number of benzene rings is 1. The first-order valence-electron chi connectivity index (χ1n) is 11.8. The molecule has 2 aliphatic heterocycles. The van der Waals surface area contributed by atoms with Gasteiger partial charge in [-0.25, -0.2) is 4.98 Å². The summed E-state index contributed by atoms with van der Waals surface area (Å²) in [5.74, 6) is 0.949. The number of carbonyl (C=O) groups excluding carboxylic acids is 2. The summed E-state index contributed by atoms with van der Waals surface area (Å²) in [4.78, 5) is 34.8. The Morgan fingerprint density at radius 3 is 2.71 bits per heavy atom. The second-order valence-corrected chi connectivity index (χ2v) is 11.0. The monoisotopic (exact) mass is 497 g/mol. The van der Waals surface area contributed by atoms with Crippen LogP contribution in [0.15, 0.2) is 29.2 Å². The number of rotatable bonds is 6. The number of pyridine rings is 1. The van der Waals surface area contributed by atoms with Gasteiger partial charge in [-0.1, -0.05) is 49.5 Å². The Balaban J connectivity index is 1.68. The number of hydrogen-bond acceptors (Lipinski definition) is 7. The summed E-state index contributed by atoms with van der Waals surface area (Å²) < 4.78 is 5.83. The highest BCUT2D eigenvalue weighted by Crippen LogP contribution is 2.36. The molecule has 1 amide bonds. The van der Waals surface area contributed by atoms with E-state index < -0.39 is 0 Å². The Hall–Kier alpha value is -2.45. The summed E-state index contributed by atoms with van der Waals surface area (Å²) in [7, 11) is 0. The molecule has 2 saturated heterocycles. The van der Waals surface area contributed by atoms with Crippen molar-refractivity contribution in [3.63, 3.8) is 0 Å². The van der Waals surface area contributed by atoms with E-state index in [9.17, 15) is 9.59 Å². The van der Waals surface area contributed by atoms with Gasteiger partial charge in [0.25, 0.3) is 5.91 Å². The summed E-state index contributed by atoms with van der Waals surface area (Å²) in [6.45, 7) is 10.5. The van der Waals surface area contributed by atoms with Crippen LogP contribution in [0.25, 0.3) is 17.0 Å². The van der Waals surface area contributed by atoms with Gasteiger partial charge in [0.05, 0.1) is 22.9 Å². The highest BCUT2D eigenvalue weighted by atomic mass is 32.2. The number of fused-ring (bicyclic) bond motifs is 1. The number of thioether (sulfide) groups is 1. The summed E-state index contributed by atoms with van der Waals surface area (Å²) in [6, 6.07) is 8.31. The van der Waals surface area contributed by atoms with Crippen molar-refractivity contribution in [2.75, 3.05) is 31.1 Å². The topological polar surface area (TPSA) is 62.7 Å². The van der Waals surface area contributed by atoms with Crippen LogP contribution in [-0.4, -0.2) is 52.3 Å². The van der Waals surface area contributed by atoms with Crippen LogP contribution in [0.2, 0.25) is 0 Å². The van der Waals surface area contributed by atoms with E-state index in [1.54, 1.807) is 4.90 Å². The summed E-state index contributed by atoms with van der Waals surface area (Å²) in [6.07, 6.45) is 3.38. The first-order valence-corrected chi connectivity index (χ1v) is 13.1. The number of hydrogen-bond donors (Lipinski definition) is 0. The van der Waals surface area contributed by atoms with Crippen molar-refractivity contribution in [3.05, 3.63) is 40.3 Å². The third-order valence-corrected chi connectivity index (χ3v) is 7.48. The first-order chi connectivity index (χ1) is 16.3. The molecule has 34 heavy (non-hydrogen) atoms. The maximum Gasteiger partial charge on any atom is 0.309 e. The summed E-state index contributed by atoms with van der Waals surface area (Å²) >= 11 is 6.85. The average molecular weight is 498 g/mol. The predicted molar refractivity (Wildman–Crippen MR) is 143 cm³/mol. The Bertz CT molecular complexity index is 1150. The molecule has 1 aromatic carbocycles. The summed E-state index contributed by atoms with van der Waals surface area (Å²) in [5, 5.41) is 1.04. The number of aromatic nitrogens is 1. The van der Waals surface area contributed by atoms with Crippen molar-refractivity contribution in [2.24, 2.45) is 11.8 Å². The third-order valence-electron chi connectivity index (χ3n) is 6.10. The fraction of sp³-hybridized carbons (Fsp3) is 0.462. The smallest absolute Gasteiger partial charge is 0.309 e. The van der Waals surface area contributed by atoms with Gasteiger partial charge >= 0.3 is 5.97 Å². The molecule has 1 aromatic heterocycles. The van der Waals surface area contributed by atoms with E-state index in [-0.39, 0.29) is 17.8 Å². The molecule has 0 atom stereocenters. The maximum absolute atomic E-state index is 13.1. The van der Waals surface area contributed by atoms with Crippen molar-refractivity contribution >= 4 is 63.0 Å². The van der Waals surface area contributed by atoms with Crippen LogP contribution in [0, 0.1) is 18.8 Å². The minimum atomic E-state index is -0.113. The molecule has 0 radical (unpaired) electrons. The quantitative estimate of drug-likeness (QED) is 0.310. The molecule has 0 aliphatic carbocycles. The number of amides is 1. The van der Waals surface area contributed by atoms with Gasteiger partial charge in [0.1, 0.15) is 10.1 Å². The number of thiocarbonyl (C=S) groups is 1. The van der Waals surface area contributed by atoms with E-state index in [2.05, 4.69) is 43.9 Å². The zero-order chi connectivity index (χ0) is 24.4. The lowest BCUT2D eigenvalue weighted by molar-refractivity contribution is -0.148. The standard InChI is InChI=1S/C26H31N3O3S2/c1-5-32-25(31)18-8-10-28(11-9-18)23-20(13-19-12-17(4)6-7-21(19)27-23)14-22-24(30)29(15-16(2)3)26(33)34-22/h6-7,12-14,16,18H,5,8-11,15H2,1-4H3/b22-14-. The maximum atomic E-state index is 13.1. The van der Waals surface area contributed by atoms with E-state index >= 15 is 0 Å². The van der Waals surface area contributed by atoms with Crippen LogP contribution >= 0.6 is 24.0 Å². The van der Waals surface area contributed by atoms with Crippen molar-refractivity contribution in [1.82, 2.24) is 9.88 Å². The number of esters is 1. The Morgan fingerprint density at radius 2 is 2.03 bits per heavy atom. The zero-order valence-electron chi connectivity index (χ0n) is 20.2. The predicted octanol–water partition coefficient (Wildman–Crippen LogP) is 5.18. The zero-order valence-corrected chi connectivity index (χ0v) is 21.8. The molecule has 180 valence electrons.